The second-order valence-corrected chi connectivity index (χ2v) is 3.93. The van der Waals surface area contributed by atoms with Crippen molar-refractivity contribution in [2.45, 2.75) is 12.8 Å². The van der Waals surface area contributed by atoms with Crippen LogP contribution in [-0.4, -0.2) is 26.0 Å². The Morgan fingerprint density at radius 3 is 2.69 bits per heavy atom. The van der Waals surface area contributed by atoms with Crippen LogP contribution in [0.1, 0.15) is 23.2 Å². The van der Waals surface area contributed by atoms with Gasteiger partial charge < -0.3 is 10.2 Å². The highest BCUT2D eigenvalue weighted by Crippen LogP contribution is 2.25. The largest absolute Gasteiger partial charge is 0.371 e. The fourth-order valence-electron chi connectivity index (χ4n) is 2.05. The average molecular weight is 222 g/mol. The number of benzene rings is 1. The number of rotatable bonds is 2. The number of nitrogens with one attached hydrogen (secondary N) is 1. The zero-order chi connectivity index (χ0) is 11.5. The summed E-state index contributed by atoms with van der Waals surface area (Å²) in [6.45, 7) is 1.79. The van der Waals surface area contributed by atoms with Crippen molar-refractivity contribution >= 4 is 11.6 Å². The Balaban J connectivity index is 2.39. The number of nitrogens with zero attached hydrogens (tertiary/aromatic N) is 1. The molecule has 86 valence electrons. The van der Waals surface area contributed by atoms with E-state index in [1.165, 1.54) is 12.1 Å². The third kappa shape index (κ3) is 2.01. The van der Waals surface area contributed by atoms with Crippen LogP contribution >= 0.6 is 0 Å². The summed E-state index contributed by atoms with van der Waals surface area (Å²) in [5, 5.41) is 2.58. The molecule has 1 saturated heterocycles. The third-order valence-corrected chi connectivity index (χ3v) is 2.88. The summed E-state index contributed by atoms with van der Waals surface area (Å²) in [6.07, 6.45) is 2.20. The Hall–Kier alpha value is -1.58. The van der Waals surface area contributed by atoms with Crippen molar-refractivity contribution in [2.24, 2.45) is 0 Å². The van der Waals surface area contributed by atoms with Gasteiger partial charge in [0.2, 0.25) is 0 Å². The first kappa shape index (κ1) is 10.9. The van der Waals surface area contributed by atoms with E-state index in [4.69, 9.17) is 0 Å². The molecule has 1 aliphatic rings. The summed E-state index contributed by atoms with van der Waals surface area (Å²) in [5.41, 5.74) is 1.25. The van der Waals surface area contributed by atoms with Gasteiger partial charge >= 0.3 is 0 Å². The van der Waals surface area contributed by atoms with Crippen molar-refractivity contribution in [3.63, 3.8) is 0 Å². The third-order valence-electron chi connectivity index (χ3n) is 2.88. The highest BCUT2D eigenvalue weighted by atomic mass is 19.1. The molecule has 3 nitrogen and oxygen atoms in total. The molecule has 0 atom stereocenters. The minimum atomic E-state index is -0.297. The lowest BCUT2D eigenvalue weighted by Crippen LogP contribution is -2.25. The van der Waals surface area contributed by atoms with Crippen LogP contribution in [0, 0.1) is 5.82 Å². The SMILES string of the molecule is CNC(=O)c1ccc(F)cc1N1CCCC1. The number of halogens is 1. The first-order valence-electron chi connectivity index (χ1n) is 5.49. The highest BCUT2D eigenvalue weighted by Gasteiger charge is 2.19. The number of carbonyl (C=O) groups is 1. The molecule has 0 bridgehead atoms. The van der Waals surface area contributed by atoms with Gasteiger partial charge in [-0.1, -0.05) is 0 Å². The predicted molar refractivity (Wildman–Crippen MR) is 61.2 cm³/mol. The lowest BCUT2D eigenvalue weighted by molar-refractivity contribution is 0.0963. The van der Waals surface area contributed by atoms with Crippen molar-refractivity contribution in [3.05, 3.63) is 29.6 Å². The van der Waals surface area contributed by atoms with Crippen LogP contribution in [0.4, 0.5) is 10.1 Å². The van der Waals surface area contributed by atoms with E-state index in [9.17, 15) is 9.18 Å². The standard InChI is InChI=1S/C12H15FN2O/c1-14-12(16)10-5-4-9(13)8-11(10)15-6-2-3-7-15/h4-5,8H,2-3,6-7H2,1H3,(H,14,16). The van der Waals surface area contributed by atoms with E-state index >= 15 is 0 Å². The molecule has 2 rings (SSSR count). The fourth-order valence-corrected chi connectivity index (χ4v) is 2.05. The van der Waals surface area contributed by atoms with Crippen LogP contribution in [-0.2, 0) is 0 Å². The molecule has 0 aromatic heterocycles. The Kier molecular flexibility index (Phi) is 3.08. The minimum absolute atomic E-state index is 0.165. The molecular weight excluding hydrogens is 207 g/mol. The van der Waals surface area contributed by atoms with Gasteiger partial charge in [0.15, 0.2) is 0 Å². The Bertz CT molecular complexity index is 400. The number of amides is 1. The second-order valence-electron chi connectivity index (χ2n) is 3.93. The summed E-state index contributed by atoms with van der Waals surface area (Å²) in [6, 6.07) is 4.31. The van der Waals surface area contributed by atoms with Gasteiger partial charge in [0.1, 0.15) is 5.82 Å². The molecule has 1 aromatic carbocycles. The van der Waals surface area contributed by atoms with Gasteiger partial charge in [-0.3, -0.25) is 4.79 Å². The van der Waals surface area contributed by atoms with E-state index in [-0.39, 0.29) is 11.7 Å². The quantitative estimate of drug-likeness (QED) is 0.827. The summed E-state index contributed by atoms with van der Waals surface area (Å²) in [4.78, 5) is 13.7. The molecule has 1 aliphatic heterocycles. The summed E-state index contributed by atoms with van der Waals surface area (Å²) in [7, 11) is 1.58. The zero-order valence-corrected chi connectivity index (χ0v) is 9.29. The van der Waals surface area contributed by atoms with Crippen LogP contribution in [0.5, 0.6) is 0 Å². The van der Waals surface area contributed by atoms with Crippen molar-refractivity contribution in [1.82, 2.24) is 5.32 Å². The maximum atomic E-state index is 13.2. The molecule has 4 heteroatoms. The second kappa shape index (κ2) is 4.51. The molecule has 1 aromatic rings. The summed E-state index contributed by atoms with van der Waals surface area (Å²) < 4.78 is 13.2. The molecule has 0 spiro atoms. The fraction of sp³-hybridized carbons (Fsp3) is 0.417. The van der Waals surface area contributed by atoms with Crippen LogP contribution in [0.15, 0.2) is 18.2 Å². The van der Waals surface area contributed by atoms with Crippen molar-refractivity contribution in [3.8, 4) is 0 Å². The molecule has 1 amide bonds. The number of hydrogen-bond acceptors (Lipinski definition) is 2. The molecule has 0 unspecified atom stereocenters. The van der Waals surface area contributed by atoms with Gasteiger partial charge in [0.05, 0.1) is 11.3 Å². The molecule has 0 aliphatic carbocycles. The number of anilines is 1. The minimum Gasteiger partial charge on any atom is -0.371 e. The van der Waals surface area contributed by atoms with Crippen LogP contribution in [0.25, 0.3) is 0 Å². The van der Waals surface area contributed by atoms with Gasteiger partial charge in [-0.2, -0.15) is 0 Å². The maximum Gasteiger partial charge on any atom is 0.253 e. The summed E-state index contributed by atoms with van der Waals surface area (Å²) >= 11 is 0. The molecule has 1 heterocycles. The van der Waals surface area contributed by atoms with E-state index in [1.807, 2.05) is 0 Å². The Morgan fingerprint density at radius 2 is 2.06 bits per heavy atom. The lowest BCUT2D eigenvalue weighted by atomic mass is 10.1. The van der Waals surface area contributed by atoms with E-state index in [0.717, 1.165) is 25.9 Å². The highest BCUT2D eigenvalue weighted by molar-refractivity contribution is 5.99. The monoisotopic (exact) mass is 222 g/mol. The Labute approximate surface area is 94.3 Å². The van der Waals surface area contributed by atoms with Crippen LogP contribution in [0.2, 0.25) is 0 Å². The van der Waals surface area contributed by atoms with E-state index in [2.05, 4.69) is 10.2 Å². The van der Waals surface area contributed by atoms with E-state index < -0.39 is 0 Å². The van der Waals surface area contributed by atoms with Crippen molar-refractivity contribution < 1.29 is 9.18 Å². The van der Waals surface area contributed by atoms with Gasteiger partial charge in [-0.15, -0.1) is 0 Å². The normalized spacial score (nSPS) is 15.2. The topological polar surface area (TPSA) is 32.3 Å². The van der Waals surface area contributed by atoms with E-state index in [0.29, 0.717) is 11.3 Å². The zero-order valence-electron chi connectivity index (χ0n) is 9.29. The number of carbonyl (C=O) groups excluding carboxylic acids is 1. The van der Waals surface area contributed by atoms with Gasteiger partial charge in [0.25, 0.3) is 5.91 Å². The van der Waals surface area contributed by atoms with Crippen LogP contribution < -0.4 is 10.2 Å². The van der Waals surface area contributed by atoms with E-state index in [1.54, 1.807) is 13.1 Å². The first-order valence-corrected chi connectivity index (χ1v) is 5.49. The first-order chi connectivity index (χ1) is 7.72. The Morgan fingerprint density at radius 1 is 1.38 bits per heavy atom. The smallest absolute Gasteiger partial charge is 0.253 e. The van der Waals surface area contributed by atoms with Crippen molar-refractivity contribution in [2.75, 3.05) is 25.0 Å². The molecule has 1 N–H and O–H groups in total. The number of hydrogen-bond donors (Lipinski definition) is 1. The predicted octanol–water partition coefficient (Wildman–Crippen LogP) is 1.79. The molecule has 1 fully saturated rings. The van der Waals surface area contributed by atoms with Gasteiger partial charge in [-0.25, -0.2) is 4.39 Å². The van der Waals surface area contributed by atoms with Gasteiger partial charge in [0, 0.05) is 20.1 Å². The molecule has 0 saturated carbocycles. The average Bonchev–Trinajstić information content (AvgIpc) is 2.81. The molecular formula is C12H15FN2O. The lowest BCUT2D eigenvalue weighted by Gasteiger charge is -2.20. The molecule has 0 radical (unpaired) electrons. The molecule has 16 heavy (non-hydrogen) atoms. The maximum absolute atomic E-state index is 13.2. The summed E-state index contributed by atoms with van der Waals surface area (Å²) in [5.74, 6) is -0.462. The van der Waals surface area contributed by atoms with Crippen molar-refractivity contribution in [1.29, 1.82) is 0 Å². The van der Waals surface area contributed by atoms with Gasteiger partial charge in [-0.05, 0) is 31.0 Å². The van der Waals surface area contributed by atoms with Crippen LogP contribution in [0.3, 0.4) is 0 Å².